The molecule has 4 nitrogen and oxygen atoms in total. The van der Waals surface area contributed by atoms with E-state index >= 15 is 0 Å². The molecule has 0 aliphatic heterocycles. The Morgan fingerprint density at radius 3 is 2.50 bits per heavy atom. The van der Waals surface area contributed by atoms with E-state index in [9.17, 15) is 4.79 Å². The first-order chi connectivity index (χ1) is 6.61. The summed E-state index contributed by atoms with van der Waals surface area (Å²) in [6.45, 7) is 0. The fraction of sp³-hybridized carbons (Fsp3) is 0.300. The Bertz CT molecular complexity index is 320. The van der Waals surface area contributed by atoms with Crippen molar-refractivity contribution in [2.75, 3.05) is 0 Å². The molecule has 0 radical (unpaired) electrons. The number of aromatic carboxylic acids is 1. The Morgan fingerprint density at radius 2 is 1.93 bits per heavy atom. The second-order valence-corrected chi connectivity index (χ2v) is 2.98. The van der Waals surface area contributed by atoms with Crippen molar-refractivity contribution in [3.63, 3.8) is 0 Å². The van der Waals surface area contributed by atoms with Gasteiger partial charge in [0.15, 0.2) is 6.29 Å². The Morgan fingerprint density at radius 1 is 1.29 bits per heavy atom. The number of aryl methyl sites for hydroxylation is 1. The molecular weight excluding hydrogens is 184 g/mol. The van der Waals surface area contributed by atoms with E-state index in [2.05, 4.69) is 0 Å². The number of rotatable bonds is 4. The first kappa shape index (κ1) is 10.7. The summed E-state index contributed by atoms with van der Waals surface area (Å²) < 4.78 is 0. The predicted octanol–water partition coefficient (Wildman–Crippen LogP) is 0.628. The van der Waals surface area contributed by atoms with Crippen LogP contribution in [0.4, 0.5) is 0 Å². The van der Waals surface area contributed by atoms with Crippen LogP contribution in [0.1, 0.15) is 22.3 Å². The summed E-state index contributed by atoms with van der Waals surface area (Å²) in [4.78, 5) is 10.7. The molecule has 1 rings (SSSR count). The average Bonchev–Trinajstić information content (AvgIpc) is 2.15. The molecule has 0 aliphatic rings. The van der Waals surface area contributed by atoms with Crippen LogP contribution in [-0.2, 0) is 6.42 Å². The Kier molecular flexibility index (Phi) is 3.62. The van der Waals surface area contributed by atoms with Gasteiger partial charge >= 0.3 is 5.97 Å². The maximum atomic E-state index is 10.7. The largest absolute Gasteiger partial charge is 0.478 e. The van der Waals surface area contributed by atoms with Crippen LogP contribution in [0.3, 0.4) is 0 Å². The number of hydrogen-bond acceptors (Lipinski definition) is 3. The second kappa shape index (κ2) is 4.74. The normalized spacial score (nSPS) is 10.5. The Hall–Kier alpha value is -1.39. The lowest BCUT2D eigenvalue weighted by atomic mass is 10.0. The third-order valence-electron chi connectivity index (χ3n) is 1.92. The van der Waals surface area contributed by atoms with Gasteiger partial charge in [0.2, 0.25) is 0 Å². The van der Waals surface area contributed by atoms with Crippen LogP contribution in [-0.4, -0.2) is 27.6 Å². The maximum absolute atomic E-state index is 10.7. The van der Waals surface area contributed by atoms with E-state index < -0.39 is 12.3 Å². The molecule has 0 fully saturated rings. The van der Waals surface area contributed by atoms with Crippen LogP contribution in [0.25, 0.3) is 0 Å². The minimum absolute atomic E-state index is 0.143. The Labute approximate surface area is 81.4 Å². The van der Waals surface area contributed by atoms with Crippen LogP contribution in [0.15, 0.2) is 24.3 Å². The van der Waals surface area contributed by atoms with Crippen molar-refractivity contribution in [1.29, 1.82) is 0 Å². The monoisotopic (exact) mass is 196 g/mol. The lowest BCUT2D eigenvalue weighted by Gasteiger charge is -2.06. The third kappa shape index (κ3) is 2.83. The number of carbonyl (C=O) groups is 1. The molecule has 0 saturated heterocycles. The number of aliphatic hydroxyl groups excluding tert-OH is 1. The molecule has 76 valence electrons. The number of hydrogen-bond donors (Lipinski definition) is 3. The zero-order valence-electron chi connectivity index (χ0n) is 7.55. The van der Waals surface area contributed by atoms with Crippen molar-refractivity contribution < 1.29 is 20.1 Å². The van der Waals surface area contributed by atoms with Gasteiger partial charge in [-0.15, -0.1) is 0 Å². The van der Waals surface area contributed by atoms with Gasteiger partial charge in [-0.05, 0) is 18.1 Å². The molecule has 1 aromatic rings. The highest BCUT2D eigenvalue weighted by atomic mass is 16.5. The zero-order valence-corrected chi connectivity index (χ0v) is 7.55. The standard InChI is InChI=1S/C10H12O4/c11-9(12)6-5-7-3-1-2-4-8(7)10(13)14/h1-4,9,11-12H,5-6H2,(H,13,14). The molecule has 1 aromatic carbocycles. The SMILES string of the molecule is O=C(O)c1ccccc1CCC(O)O. The van der Waals surface area contributed by atoms with Gasteiger partial charge in [0.25, 0.3) is 0 Å². The third-order valence-corrected chi connectivity index (χ3v) is 1.92. The summed E-state index contributed by atoms with van der Waals surface area (Å²) in [7, 11) is 0. The summed E-state index contributed by atoms with van der Waals surface area (Å²) in [6, 6.07) is 6.54. The van der Waals surface area contributed by atoms with E-state index in [0.717, 1.165) is 0 Å². The van der Waals surface area contributed by atoms with E-state index in [0.29, 0.717) is 12.0 Å². The van der Waals surface area contributed by atoms with Crippen molar-refractivity contribution in [1.82, 2.24) is 0 Å². The fourth-order valence-corrected chi connectivity index (χ4v) is 1.23. The number of carboxylic acids is 1. The van der Waals surface area contributed by atoms with Gasteiger partial charge in [0.1, 0.15) is 0 Å². The van der Waals surface area contributed by atoms with E-state index in [1.807, 2.05) is 0 Å². The first-order valence-electron chi connectivity index (χ1n) is 4.28. The maximum Gasteiger partial charge on any atom is 0.335 e. The van der Waals surface area contributed by atoms with Crippen LogP contribution < -0.4 is 0 Å². The zero-order chi connectivity index (χ0) is 10.6. The molecule has 0 spiro atoms. The number of benzene rings is 1. The minimum atomic E-state index is -1.39. The van der Waals surface area contributed by atoms with Gasteiger partial charge in [-0.25, -0.2) is 4.79 Å². The summed E-state index contributed by atoms with van der Waals surface area (Å²) in [5.74, 6) is -0.993. The quantitative estimate of drug-likeness (QED) is 0.617. The first-order valence-corrected chi connectivity index (χ1v) is 4.28. The van der Waals surface area contributed by atoms with Crippen molar-refractivity contribution >= 4 is 5.97 Å². The van der Waals surface area contributed by atoms with Gasteiger partial charge in [-0.2, -0.15) is 0 Å². The van der Waals surface area contributed by atoms with Gasteiger partial charge < -0.3 is 15.3 Å². The summed E-state index contributed by atoms with van der Waals surface area (Å²) in [5, 5.41) is 26.1. The molecule has 3 N–H and O–H groups in total. The Balaban J connectivity index is 2.79. The molecule has 0 atom stereocenters. The lowest BCUT2D eigenvalue weighted by Crippen LogP contribution is -2.08. The molecule has 4 heteroatoms. The van der Waals surface area contributed by atoms with Crippen molar-refractivity contribution in [2.45, 2.75) is 19.1 Å². The predicted molar refractivity (Wildman–Crippen MR) is 49.9 cm³/mol. The highest BCUT2D eigenvalue weighted by Crippen LogP contribution is 2.11. The van der Waals surface area contributed by atoms with E-state index in [1.54, 1.807) is 18.2 Å². The van der Waals surface area contributed by atoms with Gasteiger partial charge in [0, 0.05) is 6.42 Å². The van der Waals surface area contributed by atoms with E-state index in [1.165, 1.54) is 6.07 Å². The summed E-state index contributed by atoms with van der Waals surface area (Å²) in [5.41, 5.74) is 0.834. The number of aliphatic hydroxyl groups is 2. The molecule has 14 heavy (non-hydrogen) atoms. The van der Waals surface area contributed by atoms with Crippen molar-refractivity contribution in [3.8, 4) is 0 Å². The molecule has 0 amide bonds. The van der Waals surface area contributed by atoms with Crippen molar-refractivity contribution in [3.05, 3.63) is 35.4 Å². The van der Waals surface area contributed by atoms with Gasteiger partial charge in [-0.1, -0.05) is 18.2 Å². The lowest BCUT2D eigenvalue weighted by molar-refractivity contribution is -0.0447. The van der Waals surface area contributed by atoms with Crippen LogP contribution in [0.5, 0.6) is 0 Å². The summed E-state index contributed by atoms with van der Waals surface area (Å²) in [6.07, 6.45) is -0.901. The van der Waals surface area contributed by atoms with E-state index in [4.69, 9.17) is 15.3 Å². The molecule has 0 heterocycles. The van der Waals surface area contributed by atoms with Crippen LogP contribution in [0.2, 0.25) is 0 Å². The second-order valence-electron chi connectivity index (χ2n) is 2.98. The molecule has 0 aromatic heterocycles. The molecule has 0 saturated carbocycles. The average molecular weight is 196 g/mol. The van der Waals surface area contributed by atoms with Crippen LogP contribution >= 0.6 is 0 Å². The fourth-order valence-electron chi connectivity index (χ4n) is 1.23. The highest BCUT2D eigenvalue weighted by molar-refractivity contribution is 5.89. The smallest absolute Gasteiger partial charge is 0.335 e. The van der Waals surface area contributed by atoms with Gasteiger partial charge in [-0.3, -0.25) is 0 Å². The number of carboxylic acid groups (broad SMARTS) is 1. The highest BCUT2D eigenvalue weighted by Gasteiger charge is 2.09. The topological polar surface area (TPSA) is 77.8 Å². The van der Waals surface area contributed by atoms with E-state index in [-0.39, 0.29) is 12.0 Å². The molecule has 0 unspecified atom stereocenters. The minimum Gasteiger partial charge on any atom is -0.478 e. The summed E-state index contributed by atoms with van der Waals surface area (Å²) >= 11 is 0. The van der Waals surface area contributed by atoms with Crippen LogP contribution in [0, 0.1) is 0 Å². The van der Waals surface area contributed by atoms with Crippen molar-refractivity contribution in [2.24, 2.45) is 0 Å². The molecule has 0 bridgehead atoms. The molecule has 0 aliphatic carbocycles. The van der Waals surface area contributed by atoms with Gasteiger partial charge in [0.05, 0.1) is 5.56 Å². The molecular formula is C10H12O4.